The van der Waals surface area contributed by atoms with Gasteiger partial charge >= 0.3 is 0 Å². The zero-order chi connectivity index (χ0) is 13.1. The lowest BCUT2D eigenvalue weighted by Gasteiger charge is -2.18. The van der Waals surface area contributed by atoms with Gasteiger partial charge in [0.2, 0.25) is 0 Å². The van der Waals surface area contributed by atoms with Gasteiger partial charge in [-0.15, -0.1) is 0 Å². The van der Waals surface area contributed by atoms with Crippen molar-refractivity contribution in [2.24, 2.45) is 0 Å². The molecule has 98 valence electrons. The van der Waals surface area contributed by atoms with Crippen molar-refractivity contribution in [2.45, 2.75) is 39.3 Å². The predicted molar refractivity (Wildman–Crippen MR) is 72.1 cm³/mol. The molecule has 3 heteroatoms. The maximum atomic E-state index is 11.4. The lowest BCUT2D eigenvalue weighted by atomic mass is 10.1. The van der Waals surface area contributed by atoms with Gasteiger partial charge in [0.25, 0.3) is 0 Å². The fraction of sp³-hybridized carbons (Fsp3) is 0.533. The molecule has 1 aromatic carbocycles. The monoisotopic (exact) mass is 247 g/mol. The van der Waals surface area contributed by atoms with Crippen LogP contribution in [-0.4, -0.2) is 30.4 Å². The molecule has 0 N–H and O–H groups in total. The Morgan fingerprint density at radius 3 is 2.72 bits per heavy atom. The van der Waals surface area contributed by atoms with Crippen LogP contribution in [0, 0.1) is 0 Å². The normalized spacial score (nSPS) is 14.9. The van der Waals surface area contributed by atoms with E-state index in [-0.39, 0.29) is 5.78 Å². The summed E-state index contributed by atoms with van der Waals surface area (Å²) >= 11 is 0. The maximum Gasteiger partial charge on any atom is 0.159 e. The van der Waals surface area contributed by atoms with Gasteiger partial charge in [-0.2, -0.15) is 0 Å². The van der Waals surface area contributed by atoms with Crippen molar-refractivity contribution in [1.82, 2.24) is 4.90 Å². The highest BCUT2D eigenvalue weighted by molar-refractivity contribution is 5.94. The Hall–Kier alpha value is -1.35. The average Bonchev–Trinajstić information content (AvgIpc) is 3.15. The van der Waals surface area contributed by atoms with Crippen molar-refractivity contribution >= 4 is 5.78 Å². The SMILES string of the molecule is CCOc1ccc(C(C)=O)cc1CN(C)C1CC1. The summed E-state index contributed by atoms with van der Waals surface area (Å²) in [6.45, 7) is 5.08. The highest BCUT2D eigenvalue weighted by Gasteiger charge is 2.26. The number of ether oxygens (including phenoxy) is 1. The van der Waals surface area contributed by atoms with Crippen LogP contribution >= 0.6 is 0 Å². The van der Waals surface area contributed by atoms with E-state index in [4.69, 9.17) is 4.74 Å². The molecule has 1 aliphatic rings. The van der Waals surface area contributed by atoms with E-state index in [2.05, 4.69) is 11.9 Å². The fourth-order valence-corrected chi connectivity index (χ4v) is 2.13. The molecular formula is C15H21NO2. The Morgan fingerprint density at radius 2 is 2.17 bits per heavy atom. The van der Waals surface area contributed by atoms with Crippen molar-refractivity contribution < 1.29 is 9.53 Å². The largest absolute Gasteiger partial charge is 0.494 e. The lowest BCUT2D eigenvalue weighted by Crippen LogP contribution is -2.20. The first-order valence-corrected chi connectivity index (χ1v) is 6.58. The van der Waals surface area contributed by atoms with Gasteiger partial charge in [-0.3, -0.25) is 9.69 Å². The molecule has 0 saturated heterocycles. The van der Waals surface area contributed by atoms with Crippen LogP contribution in [-0.2, 0) is 6.54 Å². The van der Waals surface area contributed by atoms with Crippen molar-refractivity contribution in [3.63, 3.8) is 0 Å². The van der Waals surface area contributed by atoms with E-state index in [0.29, 0.717) is 12.6 Å². The van der Waals surface area contributed by atoms with Crippen LogP contribution in [0.15, 0.2) is 18.2 Å². The zero-order valence-electron chi connectivity index (χ0n) is 11.4. The molecule has 0 amide bonds. The summed E-state index contributed by atoms with van der Waals surface area (Å²) in [6, 6.07) is 6.43. The van der Waals surface area contributed by atoms with Crippen molar-refractivity contribution in [3.8, 4) is 5.75 Å². The highest BCUT2D eigenvalue weighted by atomic mass is 16.5. The summed E-state index contributed by atoms with van der Waals surface area (Å²) in [6.07, 6.45) is 2.57. The summed E-state index contributed by atoms with van der Waals surface area (Å²) in [5, 5.41) is 0. The third kappa shape index (κ3) is 3.10. The Kier molecular flexibility index (Phi) is 4.02. The van der Waals surface area contributed by atoms with Crippen LogP contribution in [0.25, 0.3) is 0 Å². The molecule has 1 aromatic rings. The molecular weight excluding hydrogens is 226 g/mol. The van der Waals surface area contributed by atoms with Crippen molar-refractivity contribution in [2.75, 3.05) is 13.7 Å². The molecule has 1 fully saturated rings. The summed E-state index contributed by atoms with van der Waals surface area (Å²) in [5.74, 6) is 1.00. The van der Waals surface area contributed by atoms with Gasteiger partial charge in [0, 0.05) is 23.7 Å². The number of rotatable bonds is 6. The van der Waals surface area contributed by atoms with Gasteiger partial charge in [0.05, 0.1) is 6.61 Å². The quantitative estimate of drug-likeness (QED) is 0.724. The molecule has 0 radical (unpaired) electrons. The number of hydrogen-bond donors (Lipinski definition) is 0. The Bertz CT molecular complexity index is 438. The van der Waals surface area contributed by atoms with Gasteiger partial charge in [0.1, 0.15) is 5.75 Å². The zero-order valence-corrected chi connectivity index (χ0v) is 11.4. The van der Waals surface area contributed by atoms with E-state index in [1.54, 1.807) is 6.92 Å². The number of carbonyl (C=O) groups is 1. The second-order valence-corrected chi connectivity index (χ2v) is 4.96. The number of nitrogens with zero attached hydrogens (tertiary/aromatic N) is 1. The van der Waals surface area contributed by atoms with Gasteiger partial charge in [0.15, 0.2) is 5.78 Å². The maximum absolute atomic E-state index is 11.4. The van der Waals surface area contributed by atoms with Crippen LogP contribution in [0.1, 0.15) is 42.6 Å². The molecule has 0 bridgehead atoms. The molecule has 0 atom stereocenters. The molecule has 2 rings (SSSR count). The third-order valence-electron chi connectivity index (χ3n) is 3.36. The third-order valence-corrected chi connectivity index (χ3v) is 3.36. The summed E-state index contributed by atoms with van der Waals surface area (Å²) in [7, 11) is 2.13. The van der Waals surface area contributed by atoms with Gasteiger partial charge in [-0.1, -0.05) is 0 Å². The summed E-state index contributed by atoms with van der Waals surface area (Å²) in [4.78, 5) is 13.8. The number of hydrogen-bond acceptors (Lipinski definition) is 3. The molecule has 3 nitrogen and oxygen atoms in total. The molecule has 0 aliphatic heterocycles. The first-order chi connectivity index (χ1) is 8.61. The molecule has 1 aliphatic carbocycles. The van der Waals surface area contributed by atoms with Crippen LogP contribution < -0.4 is 4.74 Å². The van der Waals surface area contributed by atoms with E-state index in [1.165, 1.54) is 12.8 Å². The fourth-order valence-electron chi connectivity index (χ4n) is 2.13. The number of benzene rings is 1. The number of ketones is 1. The summed E-state index contributed by atoms with van der Waals surface area (Å²) < 4.78 is 5.63. The molecule has 0 spiro atoms. The topological polar surface area (TPSA) is 29.5 Å². The van der Waals surface area contributed by atoms with E-state index in [0.717, 1.165) is 23.4 Å². The second kappa shape index (κ2) is 5.53. The molecule has 0 aromatic heterocycles. The van der Waals surface area contributed by atoms with Gasteiger partial charge in [-0.25, -0.2) is 0 Å². The van der Waals surface area contributed by atoms with Crippen molar-refractivity contribution in [3.05, 3.63) is 29.3 Å². The van der Waals surface area contributed by atoms with Crippen LogP contribution in [0.4, 0.5) is 0 Å². The molecule has 0 unspecified atom stereocenters. The van der Waals surface area contributed by atoms with E-state index < -0.39 is 0 Å². The smallest absolute Gasteiger partial charge is 0.159 e. The average molecular weight is 247 g/mol. The van der Waals surface area contributed by atoms with E-state index in [1.807, 2.05) is 25.1 Å². The number of Topliss-reactive ketones (excluding diaryl/α,β-unsaturated/α-hetero) is 1. The second-order valence-electron chi connectivity index (χ2n) is 4.96. The minimum atomic E-state index is 0.105. The van der Waals surface area contributed by atoms with Crippen LogP contribution in [0.3, 0.4) is 0 Å². The van der Waals surface area contributed by atoms with Crippen LogP contribution in [0.2, 0.25) is 0 Å². The first kappa shape index (κ1) is 13.1. The first-order valence-electron chi connectivity index (χ1n) is 6.58. The minimum Gasteiger partial charge on any atom is -0.494 e. The van der Waals surface area contributed by atoms with Gasteiger partial charge < -0.3 is 4.74 Å². The molecule has 0 heterocycles. The number of carbonyl (C=O) groups excluding carboxylic acids is 1. The standard InChI is InChI=1S/C15H21NO2/c1-4-18-15-8-5-12(11(2)17)9-13(15)10-16(3)14-6-7-14/h5,8-9,14H,4,6-7,10H2,1-3H3. The summed E-state index contributed by atoms with van der Waals surface area (Å²) in [5.41, 5.74) is 1.87. The Morgan fingerprint density at radius 1 is 1.44 bits per heavy atom. The van der Waals surface area contributed by atoms with E-state index in [9.17, 15) is 4.79 Å². The Balaban J connectivity index is 2.21. The predicted octanol–water partition coefficient (Wildman–Crippen LogP) is 2.88. The minimum absolute atomic E-state index is 0.105. The van der Waals surface area contributed by atoms with E-state index >= 15 is 0 Å². The molecule has 18 heavy (non-hydrogen) atoms. The molecule has 1 saturated carbocycles. The van der Waals surface area contributed by atoms with Crippen LogP contribution in [0.5, 0.6) is 5.75 Å². The van der Waals surface area contributed by atoms with Crippen molar-refractivity contribution in [1.29, 1.82) is 0 Å². The lowest BCUT2D eigenvalue weighted by molar-refractivity contribution is 0.101. The Labute approximate surface area is 109 Å². The van der Waals surface area contributed by atoms with Gasteiger partial charge in [-0.05, 0) is 51.9 Å². The highest BCUT2D eigenvalue weighted by Crippen LogP contribution is 2.29.